The first-order valence-electron chi connectivity index (χ1n) is 9.98. The van der Waals surface area contributed by atoms with Gasteiger partial charge in [-0.1, -0.05) is 35.5 Å². The first kappa shape index (κ1) is 20.9. The van der Waals surface area contributed by atoms with E-state index in [2.05, 4.69) is 71.5 Å². The number of nitrogens with one attached hydrogen (secondary N) is 1. The summed E-state index contributed by atoms with van der Waals surface area (Å²) in [4.78, 5) is 10.1. The van der Waals surface area contributed by atoms with Crippen LogP contribution in [0.25, 0.3) is 0 Å². The van der Waals surface area contributed by atoms with Gasteiger partial charge in [-0.2, -0.15) is 0 Å². The maximum atomic E-state index is 6.32. The van der Waals surface area contributed by atoms with Crippen molar-refractivity contribution in [3.8, 4) is 0 Å². The van der Waals surface area contributed by atoms with Crippen LogP contribution >= 0.6 is 24.0 Å². The molecular weight excluding hydrogens is 412 g/mol. The second kappa shape index (κ2) is 9.20. The van der Waals surface area contributed by atoms with E-state index in [1.54, 1.807) is 11.8 Å². The Balaban J connectivity index is 1.62. The normalized spacial score (nSPS) is 18.8. The highest BCUT2D eigenvalue weighted by atomic mass is 32.2. The second-order valence-electron chi connectivity index (χ2n) is 7.70. The van der Waals surface area contributed by atoms with Gasteiger partial charge in [-0.3, -0.25) is 4.98 Å². The van der Waals surface area contributed by atoms with Crippen LogP contribution in [-0.2, 0) is 0 Å². The summed E-state index contributed by atoms with van der Waals surface area (Å²) in [6.45, 7) is 3.81. The van der Waals surface area contributed by atoms with Crippen molar-refractivity contribution < 1.29 is 4.42 Å². The molecule has 0 spiro atoms. The van der Waals surface area contributed by atoms with Gasteiger partial charge in [0.15, 0.2) is 10.2 Å². The van der Waals surface area contributed by atoms with Crippen molar-refractivity contribution in [2.24, 2.45) is 0 Å². The summed E-state index contributed by atoms with van der Waals surface area (Å²) in [5, 5.41) is 5.08. The number of hydrogen-bond donors (Lipinski definition) is 1. The van der Waals surface area contributed by atoms with Gasteiger partial charge in [-0.05, 0) is 69.6 Å². The number of likely N-dealkylation sites (N-methyl/N-ethyl adjacent to an activating group) is 1. The summed E-state index contributed by atoms with van der Waals surface area (Å²) in [5.41, 5.74) is 2.21. The van der Waals surface area contributed by atoms with Gasteiger partial charge in [0.2, 0.25) is 0 Å². The Morgan fingerprint density at radius 1 is 1.13 bits per heavy atom. The molecule has 0 unspecified atom stereocenters. The predicted molar refractivity (Wildman–Crippen MR) is 125 cm³/mol. The van der Waals surface area contributed by atoms with Crippen LogP contribution in [0, 0.1) is 6.92 Å². The van der Waals surface area contributed by atoms with Gasteiger partial charge >= 0.3 is 0 Å². The molecule has 0 aliphatic carbocycles. The van der Waals surface area contributed by atoms with Crippen LogP contribution < -0.4 is 5.32 Å². The first-order chi connectivity index (χ1) is 14.5. The van der Waals surface area contributed by atoms with Crippen molar-refractivity contribution >= 4 is 29.1 Å². The Morgan fingerprint density at radius 3 is 2.63 bits per heavy atom. The van der Waals surface area contributed by atoms with Crippen LogP contribution in [-0.4, -0.2) is 47.1 Å². The van der Waals surface area contributed by atoms with E-state index in [4.69, 9.17) is 16.6 Å². The summed E-state index contributed by atoms with van der Waals surface area (Å²) in [7, 11) is 4.14. The average Bonchev–Trinajstić information content (AvgIpc) is 3.32. The third kappa shape index (κ3) is 4.69. The molecule has 5 nitrogen and oxygen atoms in total. The molecule has 2 atom stereocenters. The lowest BCUT2D eigenvalue weighted by Gasteiger charge is -2.27. The minimum absolute atomic E-state index is 0.0419. The highest BCUT2D eigenvalue weighted by Gasteiger charge is 2.41. The van der Waals surface area contributed by atoms with Crippen molar-refractivity contribution in [3.05, 3.63) is 77.8 Å². The Hall–Kier alpha value is -2.35. The van der Waals surface area contributed by atoms with E-state index in [1.165, 1.54) is 5.56 Å². The van der Waals surface area contributed by atoms with Gasteiger partial charge in [-0.25, -0.2) is 0 Å². The standard InChI is InChI=1S/C23H26N4OS2/c1-16-7-9-17(10-8-16)30-20-12-11-19(28-20)22-21(18-6-4-5-13-24-18)25-23(29)27(22)15-14-26(2)3/h4-13,21-22H,14-15H2,1-3H3,(H,25,29)/t21-,22-/m1/s1. The molecule has 1 fully saturated rings. The molecule has 1 aliphatic rings. The molecule has 2 aromatic heterocycles. The fourth-order valence-corrected chi connectivity index (χ4v) is 4.64. The van der Waals surface area contributed by atoms with Crippen molar-refractivity contribution in [1.82, 2.24) is 20.1 Å². The van der Waals surface area contributed by atoms with E-state index in [0.717, 1.165) is 39.6 Å². The van der Waals surface area contributed by atoms with Gasteiger partial charge in [0.25, 0.3) is 0 Å². The van der Waals surface area contributed by atoms with Gasteiger partial charge in [-0.15, -0.1) is 0 Å². The maximum absolute atomic E-state index is 6.32. The summed E-state index contributed by atoms with van der Waals surface area (Å²) in [6, 6.07) is 18.5. The van der Waals surface area contributed by atoms with Crippen LogP contribution in [0.1, 0.15) is 29.1 Å². The van der Waals surface area contributed by atoms with Gasteiger partial charge in [0, 0.05) is 24.2 Å². The first-order valence-corrected chi connectivity index (χ1v) is 11.2. The van der Waals surface area contributed by atoms with Crippen molar-refractivity contribution in [2.45, 2.75) is 29.0 Å². The van der Waals surface area contributed by atoms with Gasteiger partial charge in [0.05, 0.1) is 11.7 Å². The molecule has 0 bridgehead atoms. The molecular formula is C23H26N4OS2. The third-order valence-electron chi connectivity index (χ3n) is 5.12. The number of furan rings is 1. The van der Waals surface area contributed by atoms with Crippen LogP contribution in [0.4, 0.5) is 0 Å². The number of hydrogen-bond acceptors (Lipinski definition) is 5. The predicted octanol–water partition coefficient (Wildman–Crippen LogP) is 4.67. The Labute approximate surface area is 187 Å². The molecule has 30 heavy (non-hydrogen) atoms. The van der Waals surface area contributed by atoms with E-state index >= 15 is 0 Å². The highest BCUT2D eigenvalue weighted by molar-refractivity contribution is 7.99. The van der Waals surface area contributed by atoms with Crippen LogP contribution in [0.5, 0.6) is 0 Å². The molecule has 1 aliphatic heterocycles. The largest absolute Gasteiger partial charge is 0.452 e. The van der Waals surface area contributed by atoms with E-state index in [9.17, 15) is 0 Å². The number of nitrogens with zero attached hydrogens (tertiary/aromatic N) is 3. The minimum atomic E-state index is -0.0516. The Kier molecular flexibility index (Phi) is 6.41. The van der Waals surface area contributed by atoms with E-state index in [-0.39, 0.29) is 12.1 Å². The zero-order chi connectivity index (χ0) is 21.1. The van der Waals surface area contributed by atoms with Crippen molar-refractivity contribution in [3.63, 3.8) is 0 Å². The lowest BCUT2D eigenvalue weighted by molar-refractivity contribution is 0.239. The third-order valence-corrected chi connectivity index (χ3v) is 6.40. The molecule has 3 aromatic rings. The minimum Gasteiger partial charge on any atom is -0.452 e. The molecule has 0 saturated carbocycles. The van der Waals surface area contributed by atoms with E-state index < -0.39 is 0 Å². The van der Waals surface area contributed by atoms with Crippen LogP contribution in [0.3, 0.4) is 0 Å². The number of thiocarbonyl (C=S) groups is 1. The zero-order valence-corrected chi connectivity index (χ0v) is 19.0. The summed E-state index contributed by atoms with van der Waals surface area (Å²) < 4.78 is 6.32. The molecule has 156 valence electrons. The molecule has 0 radical (unpaired) electrons. The van der Waals surface area contributed by atoms with Crippen LogP contribution in [0.2, 0.25) is 0 Å². The quantitative estimate of drug-likeness (QED) is 0.538. The molecule has 1 aromatic carbocycles. The van der Waals surface area contributed by atoms with Crippen molar-refractivity contribution in [2.75, 3.05) is 27.2 Å². The monoisotopic (exact) mass is 438 g/mol. The van der Waals surface area contributed by atoms with Gasteiger partial charge < -0.3 is 19.5 Å². The van der Waals surface area contributed by atoms with E-state index in [0.29, 0.717) is 0 Å². The molecule has 4 rings (SSSR count). The fraction of sp³-hybridized carbons (Fsp3) is 0.304. The van der Waals surface area contributed by atoms with E-state index in [1.807, 2.05) is 30.5 Å². The number of aromatic nitrogens is 1. The van der Waals surface area contributed by atoms with Crippen LogP contribution in [0.15, 0.2) is 75.2 Å². The Bertz CT molecular complexity index is 988. The topological polar surface area (TPSA) is 44.5 Å². The molecule has 3 heterocycles. The molecule has 1 N–H and O–H groups in total. The molecule has 1 saturated heterocycles. The average molecular weight is 439 g/mol. The van der Waals surface area contributed by atoms with Crippen molar-refractivity contribution in [1.29, 1.82) is 0 Å². The summed E-state index contributed by atoms with van der Waals surface area (Å²) >= 11 is 7.32. The number of aryl methyl sites for hydroxylation is 1. The lowest BCUT2D eigenvalue weighted by Crippen LogP contribution is -2.35. The van der Waals surface area contributed by atoms with Gasteiger partial charge in [0.1, 0.15) is 11.8 Å². The molecule has 0 amide bonds. The Morgan fingerprint density at radius 2 is 1.93 bits per heavy atom. The SMILES string of the molecule is Cc1ccc(Sc2ccc([C@@H]3[C@@H](c4ccccn4)NC(=S)N3CCN(C)C)o2)cc1. The maximum Gasteiger partial charge on any atom is 0.170 e. The summed E-state index contributed by atoms with van der Waals surface area (Å²) in [6.07, 6.45) is 1.82. The number of rotatable bonds is 7. The fourth-order valence-electron chi connectivity index (χ4n) is 3.53. The molecule has 7 heteroatoms. The smallest absolute Gasteiger partial charge is 0.170 e. The zero-order valence-electron chi connectivity index (χ0n) is 17.4. The lowest BCUT2D eigenvalue weighted by atomic mass is 10.0. The summed E-state index contributed by atoms with van der Waals surface area (Å²) in [5.74, 6) is 0.895. The number of pyridine rings is 1. The highest BCUT2D eigenvalue weighted by Crippen LogP contribution is 2.41. The second-order valence-corrected chi connectivity index (χ2v) is 9.16. The number of benzene rings is 1.